The highest BCUT2D eigenvalue weighted by atomic mass is 19.4. The number of rotatable bonds is 1. The lowest BCUT2D eigenvalue weighted by atomic mass is 10.1. The van der Waals surface area contributed by atoms with Crippen LogP contribution in [0.4, 0.5) is 13.2 Å². The van der Waals surface area contributed by atoms with Crippen LogP contribution in [-0.2, 0) is 6.18 Å². The molecule has 3 rings (SSSR count). The Labute approximate surface area is 111 Å². The Balaban J connectivity index is 2.11. The standard InChI is InChI=1S/C13H9F3N4/c1-8-18-19-12-6-10(7-17-20(8)12)9-3-2-4-11(5-9)13(14,15)16/h2-7H,1H3. The van der Waals surface area contributed by atoms with Crippen LogP contribution in [0.2, 0.25) is 0 Å². The molecule has 4 nitrogen and oxygen atoms in total. The van der Waals surface area contributed by atoms with Gasteiger partial charge in [0.25, 0.3) is 0 Å². The van der Waals surface area contributed by atoms with Crippen molar-refractivity contribution in [2.24, 2.45) is 0 Å². The molecular weight excluding hydrogens is 269 g/mol. The zero-order valence-electron chi connectivity index (χ0n) is 10.4. The lowest BCUT2D eigenvalue weighted by Gasteiger charge is -2.08. The van der Waals surface area contributed by atoms with Crippen LogP contribution in [0, 0.1) is 6.92 Å². The molecule has 0 radical (unpaired) electrons. The van der Waals surface area contributed by atoms with Gasteiger partial charge in [-0.2, -0.15) is 22.8 Å². The number of halogens is 3. The van der Waals surface area contributed by atoms with Gasteiger partial charge in [0, 0.05) is 5.56 Å². The summed E-state index contributed by atoms with van der Waals surface area (Å²) in [6, 6.07) is 6.76. The topological polar surface area (TPSA) is 43.1 Å². The first-order valence-electron chi connectivity index (χ1n) is 5.81. The first-order chi connectivity index (χ1) is 9.45. The molecule has 0 bridgehead atoms. The number of hydrogen-bond donors (Lipinski definition) is 0. The van der Waals surface area contributed by atoms with Crippen LogP contribution in [0.1, 0.15) is 11.4 Å². The van der Waals surface area contributed by atoms with E-state index in [0.717, 1.165) is 12.1 Å². The summed E-state index contributed by atoms with van der Waals surface area (Å²) in [5.41, 5.74) is 0.816. The number of benzene rings is 1. The summed E-state index contributed by atoms with van der Waals surface area (Å²) in [5.74, 6) is 0.621. The van der Waals surface area contributed by atoms with E-state index in [0.29, 0.717) is 22.6 Å². The van der Waals surface area contributed by atoms with Gasteiger partial charge < -0.3 is 0 Å². The van der Waals surface area contributed by atoms with Crippen LogP contribution in [0.25, 0.3) is 16.8 Å². The Morgan fingerprint density at radius 1 is 1.05 bits per heavy atom. The van der Waals surface area contributed by atoms with Crippen molar-refractivity contribution in [1.29, 1.82) is 0 Å². The number of nitrogens with zero attached hydrogens (tertiary/aromatic N) is 4. The highest BCUT2D eigenvalue weighted by molar-refractivity contribution is 5.66. The molecule has 7 heteroatoms. The number of fused-ring (bicyclic) bond motifs is 1. The van der Waals surface area contributed by atoms with E-state index in [1.807, 2.05) is 0 Å². The summed E-state index contributed by atoms with van der Waals surface area (Å²) in [4.78, 5) is 0. The molecule has 0 aliphatic carbocycles. The third kappa shape index (κ3) is 2.11. The van der Waals surface area contributed by atoms with Crippen molar-refractivity contribution in [2.45, 2.75) is 13.1 Å². The van der Waals surface area contributed by atoms with Gasteiger partial charge in [-0.15, -0.1) is 10.2 Å². The fourth-order valence-electron chi connectivity index (χ4n) is 1.94. The van der Waals surface area contributed by atoms with Crippen molar-refractivity contribution in [2.75, 3.05) is 0 Å². The van der Waals surface area contributed by atoms with Crippen molar-refractivity contribution in [3.05, 3.63) is 47.9 Å². The van der Waals surface area contributed by atoms with Crippen LogP contribution in [-0.4, -0.2) is 19.8 Å². The minimum atomic E-state index is -4.36. The maximum absolute atomic E-state index is 12.7. The van der Waals surface area contributed by atoms with Gasteiger partial charge >= 0.3 is 6.18 Å². The zero-order valence-corrected chi connectivity index (χ0v) is 10.4. The average molecular weight is 278 g/mol. The highest BCUT2D eigenvalue weighted by Crippen LogP contribution is 2.32. The van der Waals surface area contributed by atoms with E-state index in [9.17, 15) is 13.2 Å². The zero-order chi connectivity index (χ0) is 14.3. The predicted octanol–water partition coefficient (Wildman–Crippen LogP) is 3.12. The normalized spacial score (nSPS) is 12.0. The van der Waals surface area contributed by atoms with Crippen LogP contribution in [0.5, 0.6) is 0 Å². The fraction of sp³-hybridized carbons (Fsp3) is 0.154. The molecule has 102 valence electrons. The quantitative estimate of drug-likeness (QED) is 0.687. The summed E-state index contributed by atoms with van der Waals surface area (Å²) < 4.78 is 39.6. The molecule has 3 aromatic rings. The van der Waals surface area contributed by atoms with E-state index in [2.05, 4.69) is 15.3 Å². The molecule has 0 aliphatic heterocycles. The molecule has 2 heterocycles. The van der Waals surface area contributed by atoms with Crippen LogP contribution in [0.3, 0.4) is 0 Å². The fourth-order valence-corrected chi connectivity index (χ4v) is 1.94. The number of aryl methyl sites for hydroxylation is 1. The van der Waals surface area contributed by atoms with Gasteiger partial charge in [-0.3, -0.25) is 0 Å². The molecule has 0 atom stereocenters. The maximum atomic E-state index is 12.7. The van der Waals surface area contributed by atoms with E-state index < -0.39 is 11.7 Å². The lowest BCUT2D eigenvalue weighted by Crippen LogP contribution is -2.04. The van der Waals surface area contributed by atoms with Gasteiger partial charge in [-0.25, -0.2) is 0 Å². The Morgan fingerprint density at radius 3 is 2.60 bits per heavy atom. The molecular formula is C13H9F3N4. The maximum Gasteiger partial charge on any atom is 0.416 e. The molecule has 0 aliphatic rings. The van der Waals surface area contributed by atoms with Crippen molar-refractivity contribution in [1.82, 2.24) is 19.8 Å². The molecule has 0 saturated heterocycles. The predicted molar refractivity (Wildman–Crippen MR) is 66.0 cm³/mol. The van der Waals surface area contributed by atoms with Gasteiger partial charge in [-0.1, -0.05) is 12.1 Å². The molecule has 0 N–H and O–H groups in total. The Hall–Kier alpha value is -2.44. The summed E-state index contributed by atoms with van der Waals surface area (Å²) in [6.07, 6.45) is -2.86. The van der Waals surface area contributed by atoms with Gasteiger partial charge in [0.1, 0.15) is 0 Å². The summed E-state index contributed by atoms with van der Waals surface area (Å²) in [7, 11) is 0. The van der Waals surface area contributed by atoms with E-state index in [4.69, 9.17) is 0 Å². The second-order valence-corrected chi connectivity index (χ2v) is 4.34. The van der Waals surface area contributed by atoms with Crippen LogP contribution < -0.4 is 0 Å². The molecule has 1 aromatic carbocycles. The minimum Gasteiger partial charge on any atom is -0.198 e. The lowest BCUT2D eigenvalue weighted by molar-refractivity contribution is -0.137. The highest BCUT2D eigenvalue weighted by Gasteiger charge is 2.30. The molecule has 0 fully saturated rings. The molecule has 20 heavy (non-hydrogen) atoms. The van der Waals surface area contributed by atoms with Gasteiger partial charge in [-0.05, 0) is 30.7 Å². The van der Waals surface area contributed by atoms with Gasteiger partial charge in [0.05, 0.1) is 11.8 Å². The monoisotopic (exact) mass is 278 g/mol. The first kappa shape index (κ1) is 12.6. The molecule has 0 amide bonds. The SMILES string of the molecule is Cc1nnc2cc(-c3cccc(C(F)(F)F)c3)cnn12. The number of aromatic nitrogens is 4. The number of alkyl halides is 3. The summed E-state index contributed by atoms with van der Waals surface area (Å²) in [6.45, 7) is 1.75. The second kappa shape index (κ2) is 4.29. The Kier molecular flexibility index (Phi) is 2.70. The van der Waals surface area contributed by atoms with Crippen molar-refractivity contribution in [3.8, 4) is 11.1 Å². The molecule has 0 unspecified atom stereocenters. The van der Waals surface area contributed by atoms with Crippen molar-refractivity contribution in [3.63, 3.8) is 0 Å². The van der Waals surface area contributed by atoms with Crippen molar-refractivity contribution >= 4 is 5.65 Å². The first-order valence-corrected chi connectivity index (χ1v) is 5.81. The van der Waals surface area contributed by atoms with E-state index in [1.54, 1.807) is 19.1 Å². The third-order valence-corrected chi connectivity index (χ3v) is 2.94. The van der Waals surface area contributed by atoms with Crippen molar-refractivity contribution < 1.29 is 13.2 Å². The van der Waals surface area contributed by atoms with E-state index in [-0.39, 0.29) is 0 Å². The second-order valence-electron chi connectivity index (χ2n) is 4.34. The third-order valence-electron chi connectivity index (χ3n) is 2.94. The molecule has 2 aromatic heterocycles. The number of hydrogen-bond acceptors (Lipinski definition) is 3. The molecule has 0 spiro atoms. The van der Waals surface area contributed by atoms with Gasteiger partial charge in [0.2, 0.25) is 0 Å². The van der Waals surface area contributed by atoms with Crippen LogP contribution in [0.15, 0.2) is 36.5 Å². The largest absolute Gasteiger partial charge is 0.416 e. The van der Waals surface area contributed by atoms with Crippen LogP contribution >= 0.6 is 0 Å². The summed E-state index contributed by atoms with van der Waals surface area (Å²) in [5, 5.41) is 11.9. The molecule has 0 saturated carbocycles. The summed E-state index contributed by atoms with van der Waals surface area (Å²) >= 11 is 0. The smallest absolute Gasteiger partial charge is 0.198 e. The minimum absolute atomic E-state index is 0.440. The van der Waals surface area contributed by atoms with E-state index in [1.165, 1.54) is 16.8 Å². The van der Waals surface area contributed by atoms with Gasteiger partial charge in [0.15, 0.2) is 11.5 Å². The Morgan fingerprint density at radius 2 is 1.85 bits per heavy atom. The average Bonchev–Trinajstić information content (AvgIpc) is 2.79. The van der Waals surface area contributed by atoms with E-state index >= 15 is 0 Å². The Bertz CT molecular complexity index is 777.